The van der Waals surface area contributed by atoms with Gasteiger partial charge in [0, 0.05) is 16.2 Å². The maximum absolute atomic E-state index is 9.83. The summed E-state index contributed by atoms with van der Waals surface area (Å²) in [5.41, 5.74) is 7.33. The van der Waals surface area contributed by atoms with E-state index >= 15 is 0 Å². The molecule has 0 spiro atoms. The third kappa shape index (κ3) is 5.38. The SMILES string of the molecule is Nc1cccc(OCC(O)COCc2ccccc2Br)c1. The van der Waals surface area contributed by atoms with Crippen LogP contribution in [-0.4, -0.2) is 24.4 Å². The second kappa shape index (κ2) is 8.02. The molecule has 21 heavy (non-hydrogen) atoms. The van der Waals surface area contributed by atoms with Crippen LogP contribution in [0, 0.1) is 0 Å². The number of aliphatic hydroxyl groups excluding tert-OH is 1. The van der Waals surface area contributed by atoms with Crippen LogP contribution in [-0.2, 0) is 11.3 Å². The Hall–Kier alpha value is -1.56. The van der Waals surface area contributed by atoms with E-state index < -0.39 is 6.10 Å². The third-order valence-corrected chi connectivity index (χ3v) is 3.60. The molecule has 1 atom stereocenters. The summed E-state index contributed by atoms with van der Waals surface area (Å²) in [5, 5.41) is 9.83. The maximum atomic E-state index is 9.83. The Labute approximate surface area is 132 Å². The van der Waals surface area contributed by atoms with E-state index in [0.29, 0.717) is 18.0 Å². The van der Waals surface area contributed by atoms with Gasteiger partial charge in [0.2, 0.25) is 0 Å². The Morgan fingerprint density at radius 3 is 2.67 bits per heavy atom. The number of hydrogen-bond acceptors (Lipinski definition) is 4. The van der Waals surface area contributed by atoms with Gasteiger partial charge in [-0.3, -0.25) is 0 Å². The van der Waals surface area contributed by atoms with Gasteiger partial charge in [-0.1, -0.05) is 40.2 Å². The first-order valence-corrected chi connectivity index (χ1v) is 7.42. The molecule has 2 aromatic rings. The minimum atomic E-state index is -0.686. The topological polar surface area (TPSA) is 64.7 Å². The molecule has 0 bridgehead atoms. The Morgan fingerprint density at radius 2 is 1.90 bits per heavy atom. The number of benzene rings is 2. The molecule has 0 aromatic heterocycles. The van der Waals surface area contributed by atoms with Gasteiger partial charge in [0.1, 0.15) is 18.5 Å². The fourth-order valence-electron chi connectivity index (χ4n) is 1.77. The van der Waals surface area contributed by atoms with Crippen molar-refractivity contribution in [3.63, 3.8) is 0 Å². The van der Waals surface area contributed by atoms with Gasteiger partial charge >= 0.3 is 0 Å². The van der Waals surface area contributed by atoms with Crippen molar-refractivity contribution < 1.29 is 14.6 Å². The molecule has 0 aliphatic heterocycles. The largest absolute Gasteiger partial charge is 0.491 e. The van der Waals surface area contributed by atoms with Crippen molar-refractivity contribution >= 4 is 21.6 Å². The van der Waals surface area contributed by atoms with Crippen LogP contribution in [0.4, 0.5) is 5.69 Å². The van der Waals surface area contributed by atoms with E-state index in [2.05, 4.69) is 15.9 Å². The van der Waals surface area contributed by atoms with Crippen molar-refractivity contribution in [1.29, 1.82) is 0 Å². The number of nitrogen functional groups attached to an aromatic ring is 1. The molecule has 0 saturated heterocycles. The van der Waals surface area contributed by atoms with E-state index in [0.717, 1.165) is 10.0 Å². The van der Waals surface area contributed by atoms with Gasteiger partial charge in [0.05, 0.1) is 13.2 Å². The van der Waals surface area contributed by atoms with Crippen LogP contribution in [0.25, 0.3) is 0 Å². The Balaban J connectivity index is 1.70. The fraction of sp³-hybridized carbons (Fsp3) is 0.250. The lowest BCUT2D eigenvalue weighted by Crippen LogP contribution is -2.23. The zero-order chi connectivity index (χ0) is 15.1. The molecule has 0 amide bonds. The van der Waals surface area contributed by atoms with Crippen LogP contribution in [0.1, 0.15) is 5.56 Å². The van der Waals surface area contributed by atoms with E-state index in [-0.39, 0.29) is 13.2 Å². The molecule has 1 unspecified atom stereocenters. The highest BCUT2D eigenvalue weighted by Crippen LogP contribution is 2.17. The van der Waals surface area contributed by atoms with Crippen LogP contribution < -0.4 is 10.5 Å². The van der Waals surface area contributed by atoms with Crippen molar-refractivity contribution in [2.75, 3.05) is 18.9 Å². The van der Waals surface area contributed by atoms with E-state index in [9.17, 15) is 5.11 Å². The lowest BCUT2D eigenvalue weighted by Gasteiger charge is -2.13. The molecule has 0 radical (unpaired) electrons. The number of aliphatic hydroxyl groups is 1. The highest BCUT2D eigenvalue weighted by molar-refractivity contribution is 9.10. The van der Waals surface area contributed by atoms with Crippen LogP contribution in [0.5, 0.6) is 5.75 Å². The first-order valence-electron chi connectivity index (χ1n) is 6.62. The quantitative estimate of drug-likeness (QED) is 0.752. The van der Waals surface area contributed by atoms with Crippen molar-refractivity contribution in [3.8, 4) is 5.75 Å². The third-order valence-electron chi connectivity index (χ3n) is 2.83. The van der Waals surface area contributed by atoms with Gasteiger partial charge in [-0.25, -0.2) is 0 Å². The molecular weight excluding hydrogens is 334 g/mol. The van der Waals surface area contributed by atoms with E-state index in [1.807, 2.05) is 24.3 Å². The number of hydrogen-bond donors (Lipinski definition) is 2. The Kier molecular flexibility index (Phi) is 6.04. The van der Waals surface area contributed by atoms with Crippen LogP contribution >= 0.6 is 15.9 Å². The normalized spacial score (nSPS) is 12.1. The molecule has 2 aromatic carbocycles. The summed E-state index contributed by atoms with van der Waals surface area (Å²) in [5.74, 6) is 0.639. The average Bonchev–Trinajstić information content (AvgIpc) is 2.47. The average molecular weight is 352 g/mol. The van der Waals surface area contributed by atoms with E-state index in [4.69, 9.17) is 15.2 Å². The number of nitrogens with two attached hydrogens (primary N) is 1. The summed E-state index contributed by atoms with van der Waals surface area (Å²) < 4.78 is 11.9. The molecule has 0 aliphatic rings. The lowest BCUT2D eigenvalue weighted by atomic mass is 10.2. The summed E-state index contributed by atoms with van der Waals surface area (Å²) in [6, 6.07) is 14.9. The molecule has 0 saturated carbocycles. The van der Waals surface area contributed by atoms with Crippen molar-refractivity contribution in [2.24, 2.45) is 0 Å². The fourth-order valence-corrected chi connectivity index (χ4v) is 2.16. The van der Waals surface area contributed by atoms with Gasteiger partial charge < -0.3 is 20.3 Å². The molecule has 4 nitrogen and oxygen atoms in total. The van der Waals surface area contributed by atoms with Crippen molar-refractivity contribution in [2.45, 2.75) is 12.7 Å². The van der Waals surface area contributed by atoms with E-state index in [1.54, 1.807) is 24.3 Å². The molecule has 0 fully saturated rings. The molecule has 0 aliphatic carbocycles. The van der Waals surface area contributed by atoms with Gasteiger partial charge in [-0.2, -0.15) is 0 Å². The zero-order valence-corrected chi connectivity index (χ0v) is 13.1. The number of anilines is 1. The van der Waals surface area contributed by atoms with E-state index in [1.165, 1.54) is 0 Å². The standard InChI is InChI=1S/C16H18BrNO3/c17-16-7-2-1-4-12(16)9-20-10-14(19)11-21-15-6-3-5-13(18)8-15/h1-8,14,19H,9-11,18H2. The van der Waals surface area contributed by atoms with Gasteiger partial charge in [-0.05, 0) is 23.8 Å². The van der Waals surface area contributed by atoms with Crippen molar-refractivity contribution in [3.05, 3.63) is 58.6 Å². The molecule has 3 N–H and O–H groups in total. The first kappa shape index (κ1) is 15.8. The zero-order valence-electron chi connectivity index (χ0n) is 11.5. The van der Waals surface area contributed by atoms with Gasteiger partial charge in [0.25, 0.3) is 0 Å². The second-order valence-electron chi connectivity index (χ2n) is 4.64. The van der Waals surface area contributed by atoms with Crippen LogP contribution in [0.2, 0.25) is 0 Å². The summed E-state index contributed by atoms with van der Waals surface area (Å²) in [7, 11) is 0. The Morgan fingerprint density at radius 1 is 1.10 bits per heavy atom. The highest BCUT2D eigenvalue weighted by atomic mass is 79.9. The molecule has 5 heteroatoms. The number of rotatable bonds is 7. The molecule has 0 heterocycles. The smallest absolute Gasteiger partial charge is 0.121 e. The Bertz CT molecular complexity index is 577. The van der Waals surface area contributed by atoms with Gasteiger partial charge in [0.15, 0.2) is 0 Å². The van der Waals surface area contributed by atoms with Crippen molar-refractivity contribution in [1.82, 2.24) is 0 Å². The minimum Gasteiger partial charge on any atom is -0.491 e. The summed E-state index contributed by atoms with van der Waals surface area (Å²) in [6.45, 7) is 0.819. The summed E-state index contributed by atoms with van der Waals surface area (Å²) in [6.07, 6.45) is -0.686. The maximum Gasteiger partial charge on any atom is 0.121 e. The van der Waals surface area contributed by atoms with Crippen LogP contribution in [0.15, 0.2) is 53.0 Å². The number of ether oxygens (including phenoxy) is 2. The molecular formula is C16H18BrNO3. The minimum absolute atomic E-state index is 0.166. The predicted octanol–water partition coefficient (Wildman–Crippen LogP) is 2.99. The van der Waals surface area contributed by atoms with Gasteiger partial charge in [-0.15, -0.1) is 0 Å². The van der Waals surface area contributed by atoms with Crippen LogP contribution in [0.3, 0.4) is 0 Å². The monoisotopic (exact) mass is 351 g/mol. The second-order valence-corrected chi connectivity index (χ2v) is 5.50. The lowest BCUT2D eigenvalue weighted by molar-refractivity contribution is 0.00535. The number of halogens is 1. The first-order chi connectivity index (χ1) is 10.1. The highest BCUT2D eigenvalue weighted by Gasteiger charge is 2.07. The summed E-state index contributed by atoms with van der Waals surface area (Å²) >= 11 is 3.45. The molecule has 2 rings (SSSR count). The summed E-state index contributed by atoms with van der Waals surface area (Å²) in [4.78, 5) is 0. The molecule has 112 valence electrons. The predicted molar refractivity (Wildman–Crippen MR) is 86.2 cm³/mol.